The molecule has 0 aliphatic heterocycles. The lowest BCUT2D eigenvalue weighted by Crippen LogP contribution is -1.91. The predicted octanol–water partition coefficient (Wildman–Crippen LogP) is 2.72. The molecule has 1 aromatic carbocycles. The average molecular weight is 266 g/mol. The minimum atomic E-state index is -3.86. The summed E-state index contributed by atoms with van der Waals surface area (Å²) in [5.74, 6) is 0.435. The van der Waals surface area contributed by atoms with Gasteiger partial charge in [0.25, 0.3) is 9.05 Å². The van der Waals surface area contributed by atoms with E-state index in [-0.39, 0.29) is 9.92 Å². The molecule has 0 amide bonds. The molecule has 0 fully saturated rings. The molecule has 0 atom stereocenters. The Morgan fingerprint density at radius 2 is 2.07 bits per heavy atom. The molecule has 4 nitrogen and oxygen atoms in total. The monoisotopic (exact) mass is 265 g/mol. The highest BCUT2D eigenvalue weighted by Gasteiger charge is 2.17. The second-order valence-electron chi connectivity index (χ2n) is 2.92. The molecule has 0 aliphatic rings. The molecule has 0 saturated heterocycles. The lowest BCUT2D eigenvalue weighted by molar-refractivity contribution is 0.560. The van der Waals surface area contributed by atoms with Crippen LogP contribution in [0.5, 0.6) is 0 Å². The van der Waals surface area contributed by atoms with Gasteiger partial charge in [-0.2, -0.15) is 0 Å². The fourth-order valence-corrected chi connectivity index (χ4v) is 2.74. The second kappa shape index (κ2) is 3.37. The second-order valence-corrected chi connectivity index (χ2v) is 5.86. The van der Waals surface area contributed by atoms with Gasteiger partial charge in [-0.1, -0.05) is 11.6 Å². The van der Waals surface area contributed by atoms with Crippen molar-refractivity contribution in [1.29, 1.82) is 0 Å². The molecule has 0 radical (unpaired) electrons. The largest absolute Gasteiger partial charge is 0.441 e. The van der Waals surface area contributed by atoms with Crippen molar-refractivity contribution in [3.05, 3.63) is 23.0 Å². The van der Waals surface area contributed by atoms with E-state index in [4.69, 9.17) is 26.7 Å². The minimum Gasteiger partial charge on any atom is -0.441 e. The molecule has 0 aliphatic carbocycles. The van der Waals surface area contributed by atoms with E-state index in [1.807, 2.05) is 0 Å². The molecule has 1 heterocycles. The number of benzene rings is 1. The Labute approximate surface area is 95.2 Å². The van der Waals surface area contributed by atoms with Crippen molar-refractivity contribution in [3.8, 4) is 0 Å². The van der Waals surface area contributed by atoms with E-state index in [1.165, 1.54) is 12.1 Å². The number of fused-ring (bicyclic) bond motifs is 1. The Morgan fingerprint density at radius 1 is 1.40 bits per heavy atom. The number of hydrogen-bond donors (Lipinski definition) is 0. The van der Waals surface area contributed by atoms with E-state index in [0.29, 0.717) is 17.0 Å². The van der Waals surface area contributed by atoms with E-state index in [2.05, 4.69) is 4.98 Å². The van der Waals surface area contributed by atoms with Gasteiger partial charge in [0.15, 0.2) is 11.5 Å². The van der Waals surface area contributed by atoms with Crippen LogP contribution in [0.3, 0.4) is 0 Å². The Bertz CT molecular complexity index is 633. The molecular weight excluding hydrogens is 261 g/mol. The Kier molecular flexibility index (Phi) is 2.41. The summed E-state index contributed by atoms with van der Waals surface area (Å²) in [6, 6.07) is 2.67. The van der Waals surface area contributed by atoms with Crippen molar-refractivity contribution in [2.45, 2.75) is 11.8 Å². The quantitative estimate of drug-likeness (QED) is 0.744. The summed E-state index contributed by atoms with van der Waals surface area (Å²) in [5.41, 5.74) is 0.845. The summed E-state index contributed by atoms with van der Waals surface area (Å²) in [5, 5.41) is 0.0331. The zero-order valence-electron chi connectivity index (χ0n) is 7.49. The van der Waals surface area contributed by atoms with E-state index >= 15 is 0 Å². The third-order valence-corrected chi connectivity index (χ3v) is 3.60. The van der Waals surface area contributed by atoms with Crippen molar-refractivity contribution in [3.63, 3.8) is 0 Å². The number of rotatable bonds is 1. The Balaban J connectivity index is 2.83. The van der Waals surface area contributed by atoms with E-state index in [1.54, 1.807) is 6.92 Å². The highest BCUT2D eigenvalue weighted by atomic mass is 35.7. The van der Waals surface area contributed by atoms with Crippen molar-refractivity contribution >= 4 is 42.4 Å². The lowest BCUT2D eigenvalue weighted by Gasteiger charge is -1.98. The van der Waals surface area contributed by atoms with Gasteiger partial charge in [-0.25, -0.2) is 13.4 Å². The fraction of sp³-hybridized carbons (Fsp3) is 0.125. The van der Waals surface area contributed by atoms with Crippen molar-refractivity contribution in [2.24, 2.45) is 0 Å². The van der Waals surface area contributed by atoms with Gasteiger partial charge in [-0.15, -0.1) is 0 Å². The van der Waals surface area contributed by atoms with E-state index in [9.17, 15) is 8.42 Å². The molecule has 0 spiro atoms. The standard InChI is InChI=1S/C8H5Cl2NO3S/c1-4-11-6-2-5(9)8(15(10,12)13)3-7(6)14-4/h2-3H,1H3. The normalized spacial score (nSPS) is 12.2. The zero-order chi connectivity index (χ0) is 11.2. The SMILES string of the molecule is Cc1nc2cc(Cl)c(S(=O)(=O)Cl)cc2o1. The number of aromatic nitrogens is 1. The fourth-order valence-electron chi connectivity index (χ4n) is 1.23. The topological polar surface area (TPSA) is 60.2 Å². The van der Waals surface area contributed by atoms with Crippen LogP contribution in [0.25, 0.3) is 11.1 Å². The Morgan fingerprint density at radius 3 is 2.67 bits per heavy atom. The van der Waals surface area contributed by atoms with Gasteiger partial charge < -0.3 is 4.42 Å². The summed E-state index contributed by atoms with van der Waals surface area (Å²) >= 11 is 5.75. The molecular formula is C8H5Cl2NO3S. The molecule has 2 aromatic rings. The van der Waals surface area contributed by atoms with Crippen LogP contribution in [0, 0.1) is 6.92 Å². The maximum atomic E-state index is 11.1. The third kappa shape index (κ3) is 1.95. The lowest BCUT2D eigenvalue weighted by atomic mass is 10.3. The van der Waals surface area contributed by atoms with Crippen LogP contribution in [0.2, 0.25) is 5.02 Å². The summed E-state index contributed by atoms with van der Waals surface area (Å²) in [4.78, 5) is 3.84. The van der Waals surface area contributed by atoms with Gasteiger partial charge in [0.2, 0.25) is 0 Å². The van der Waals surface area contributed by atoms with Crippen LogP contribution < -0.4 is 0 Å². The molecule has 0 N–H and O–H groups in total. The maximum Gasteiger partial charge on any atom is 0.262 e. The Hall–Kier alpha value is -0.780. The van der Waals surface area contributed by atoms with Crippen LogP contribution in [0.1, 0.15) is 5.89 Å². The van der Waals surface area contributed by atoms with Gasteiger partial charge in [0, 0.05) is 23.7 Å². The van der Waals surface area contributed by atoms with Crippen LogP contribution in [-0.4, -0.2) is 13.4 Å². The number of hydrogen-bond acceptors (Lipinski definition) is 4. The number of oxazole rings is 1. The minimum absolute atomic E-state index is 0.0331. The van der Waals surface area contributed by atoms with Crippen LogP contribution >= 0.6 is 22.3 Å². The average Bonchev–Trinajstić information content (AvgIpc) is 2.40. The van der Waals surface area contributed by atoms with Gasteiger partial charge >= 0.3 is 0 Å². The summed E-state index contributed by atoms with van der Waals surface area (Å²) in [6.45, 7) is 1.66. The van der Waals surface area contributed by atoms with E-state index in [0.717, 1.165) is 0 Å². The van der Waals surface area contributed by atoms with Crippen LogP contribution in [0.4, 0.5) is 0 Å². The summed E-state index contributed by atoms with van der Waals surface area (Å²) in [7, 11) is 1.33. The van der Waals surface area contributed by atoms with Gasteiger partial charge in [0.05, 0.1) is 5.02 Å². The maximum absolute atomic E-state index is 11.1. The first-order valence-corrected chi connectivity index (χ1v) is 6.58. The molecule has 1 aromatic heterocycles. The number of aryl methyl sites for hydroxylation is 1. The van der Waals surface area contributed by atoms with Crippen LogP contribution in [-0.2, 0) is 9.05 Å². The van der Waals surface area contributed by atoms with E-state index < -0.39 is 9.05 Å². The molecule has 80 valence electrons. The first kappa shape index (κ1) is 10.7. The smallest absolute Gasteiger partial charge is 0.262 e. The van der Waals surface area contributed by atoms with Gasteiger partial charge in [-0.3, -0.25) is 0 Å². The predicted molar refractivity (Wildman–Crippen MR) is 56.8 cm³/mol. The van der Waals surface area contributed by atoms with Crippen molar-refractivity contribution in [2.75, 3.05) is 0 Å². The van der Waals surface area contributed by atoms with Crippen molar-refractivity contribution in [1.82, 2.24) is 4.98 Å². The molecule has 2 rings (SSSR count). The summed E-state index contributed by atoms with van der Waals surface area (Å²) in [6.07, 6.45) is 0. The van der Waals surface area contributed by atoms with Gasteiger partial charge in [-0.05, 0) is 6.07 Å². The highest BCUT2D eigenvalue weighted by molar-refractivity contribution is 8.13. The number of halogens is 2. The highest BCUT2D eigenvalue weighted by Crippen LogP contribution is 2.29. The molecule has 7 heteroatoms. The first-order chi connectivity index (χ1) is 6.88. The molecule has 0 saturated carbocycles. The molecule has 0 unspecified atom stereocenters. The first-order valence-electron chi connectivity index (χ1n) is 3.89. The molecule has 0 bridgehead atoms. The molecule has 15 heavy (non-hydrogen) atoms. The van der Waals surface area contributed by atoms with Crippen molar-refractivity contribution < 1.29 is 12.8 Å². The zero-order valence-corrected chi connectivity index (χ0v) is 9.82. The number of nitrogens with zero attached hydrogens (tertiary/aromatic N) is 1. The third-order valence-electron chi connectivity index (χ3n) is 1.81. The van der Waals surface area contributed by atoms with Crippen LogP contribution in [0.15, 0.2) is 21.4 Å². The summed E-state index contributed by atoms with van der Waals surface area (Å²) < 4.78 is 27.4. The van der Waals surface area contributed by atoms with Gasteiger partial charge in [0.1, 0.15) is 10.4 Å².